The highest BCUT2D eigenvalue weighted by atomic mass is 32.2. The molecule has 0 radical (unpaired) electrons. The summed E-state index contributed by atoms with van der Waals surface area (Å²) in [6, 6.07) is 17.0. The zero-order chi connectivity index (χ0) is 30.1. The minimum absolute atomic E-state index is 0.0659. The van der Waals surface area contributed by atoms with Gasteiger partial charge < -0.3 is 35.1 Å². The van der Waals surface area contributed by atoms with Gasteiger partial charge in [0.1, 0.15) is 11.6 Å². The highest BCUT2D eigenvalue weighted by Crippen LogP contribution is 2.43. The van der Waals surface area contributed by atoms with E-state index < -0.39 is 24.3 Å². The van der Waals surface area contributed by atoms with E-state index in [9.17, 15) is 24.6 Å². The lowest BCUT2D eigenvalue weighted by molar-refractivity contribution is -0.268. The third kappa shape index (κ3) is 8.07. The predicted octanol–water partition coefficient (Wildman–Crippen LogP) is 4.54. The Bertz CT molecular complexity index is 1370. The monoisotopic (exact) mass is 595 g/mol. The van der Waals surface area contributed by atoms with Crippen LogP contribution in [0.1, 0.15) is 53.3 Å². The molecule has 3 aromatic rings. The van der Waals surface area contributed by atoms with Crippen molar-refractivity contribution < 1.29 is 38.8 Å². The predicted molar refractivity (Wildman–Crippen MR) is 155 cm³/mol. The number of thioether (sulfide) groups is 1. The number of rotatable bonds is 11. The number of aliphatic hydroxyl groups excluding tert-OH is 1. The second kappa shape index (κ2) is 14.8. The van der Waals surface area contributed by atoms with Gasteiger partial charge in [0.25, 0.3) is 0 Å². The van der Waals surface area contributed by atoms with Crippen LogP contribution in [-0.4, -0.2) is 58.2 Å². The van der Waals surface area contributed by atoms with E-state index in [1.807, 2.05) is 31.2 Å². The number of aromatic nitrogens is 1. The lowest BCUT2D eigenvalue weighted by Crippen LogP contribution is -2.38. The van der Waals surface area contributed by atoms with Crippen LogP contribution >= 0.6 is 11.8 Å². The van der Waals surface area contributed by atoms with Crippen LogP contribution in [0.2, 0.25) is 0 Å². The van der Waals surface area contributed by atoms with Crippen molar-refractivity contribution >= 4 is 35.4 Å². The van der Waals surface area contributed by atoms with E-state index in [0.29, 0.717) is 16.5 Å². The topological polar surface area (TPSA) is 156 Å². The number of hydrogen-bond acceptors (Lipinski definition) is 9. The van der Waals surface area contributed by atoms with Crippen LogP contribution in [0.15, 0.2) is 71.9 Å². The van der Waals surface area contributed by atoms with Gasteiger partial charge in [-0.15, -0.1) is 11.8 Å². The summed E-state index contributed by atoms with van der Waals surface area (Å²) >= 11 is 1.31. The largest absolute Gasteiger partial charge is 0.478 e. The van der Waals surface area contributed by atoms with Crippen molar-refractivity contribution in [3.8, 4) is 0 Å². The van der Waals surface area contributed by atoms with Crippen LogP contribution in [0.25, 0.3) is 0 Å². The standard InChI is InChI=1S/C30H33N3O8S/c1-3-39-25(35)15-32-30(38)33-22-12-10-21(11-13-22)29-40-24(17-42-27-23(28(36)37)5-4-14-31-27)18(2)26(41-29)20-8-6-19(16-34)7-9-20/h4-14,18,24,26,29,34H,3,15-17H2,1-2H3,(H,36,37)(H2,32,33,38). The van der Waals surface area contributed by atoms with Crippen molar-refractivity contribution in [2.75, 3.05) is 24.2 Å². The molecular formula is C30H33N3O8S. The first kappa shape index (κ1) is 31.0. The SMILES string of the molecule is CCOC(=O)CNC(=O)Nc1ccc(C2OC(CSc3ncccc3C(=O)O)C(C)C(c3ccc(CO)cc3)O2)cc1. The summed E-state index contributed by atoms with van der Waals surface area (Å²) in [5.41, 5.74) is 3.06. The number of urea groups is 1. The number of nitrogens with zero attached hydrogens (tertiary/aromatic N) is 1. The first-order valence-corrected chi connectivity index (χ1v) is 14.4. The molecule has 222 valence electrons. The summed E-state index contributed by atoms with van der Waals surface area (Å²) < 4.78 is 17.6. The molecule has 4 atom stereocenters. The number of hydrogen-bond donors (Lipinski definition) is 4. The van der Waals surface area contributed by atoms with Gasteiger partial charge >= 0.3 is 18.0 Å². The molecule has 42 heavy (non-hydrogen) atoms. The van der Waals surface area contributed by atoms with Crippen LogP contribution in [-0.2, 0) is 25.6 Å². The molecule has 4 rings (SSSR count). The molecule has 2 amide bonds. The maximum absolute atomic E-state index is 12.1. The van der Waals surface area contributed by atoms with Gasteiger partial charge in [0.2, 0.25) is 0 Å². The van der Waals surface area contributed by atoms with Crippen LogP contribution in [0, 0.1) is 5.92 Å². The summed E-state index contributed by atoms with van der Waals surface area (Å²) in [7, 11) is 0. The molecule has 4 unspecified atom stereocenters. The average molecular weight is 596 g/mol. The smallest absolute Gasteiger partial charge is 0.338 e. The molecule has 0 bridgehead atoms. The normalized spacial score (nSPS) is 20.0. The van der Waals surface area contributed by atoms with E-state index in [4.69, 9.17) is 14.2 Å². The number of aromatic carboxylic acids is 1. The third-order valence-electron chi connectivity index (χ3n) is 6.65. The van der Waals surface area contributed by atoms with Gasteiger partial charge in [0, 0.05) is 29.1 Å². The molecule has 0 spiro atoms. The number of amides is 2. The maximum atomic E-state index is 12.1. The number of anilines is 1. The minimum atomic E-state index is -1.05. The fourth-order valence-electron chi connectivity index (χ4n) is 4.40. The number of carboxylic acid groups (broad SMARTS) is 1. The van der Waals surface area contributed by atoms with Crippen molar-refractivity contribution in [1.82, 2.24) is 10.3 Å². The Labute approximate surface area is 247 Å². The third-order valence-corrected chi connectivity index (χ3v) is 7.74. The van der Waals surface area contributed by atoms with Crippen LogP contribution < -0.4 is 10.6 Å². The molecule has 4 N–H and O–H groups in total. The molecule has 2 heterocycles. The van der Waals surface area contributed by atoms with E-state index in [2.05, 4.69) is 15.6 Å². The molecule has 1 fully saturated rings. The van der Waals surface area contributed by atoms with Crippen LogP contribution in [0.4, 0.5) is 10.5 Å². The minimum Gasteiger partial charge on any atom is -0.478 e. The second-order valence-corrected chi connectivity index (χ2v) is 10.5. The lowest BCUT2D eigenvalue weighted by Gasteiger charge is -2.41. The number of ether oxygens (including phenoxy) is 3. The second-order valence-electron chi connectivity index (χ2n) is 9.53. The summed E-state index contributed by atoms with van der Waals surface area (Å²) in [6.45, 7) is 3.63. The zero-order valence-corrected chi connectivity index (χ0v) is 24.0. The summed E-state index contributed by atoms with van der Waals surface area (Å²) in [6.07, 6.45) is 0.135. The summed E-state index contributed by atoms with van der Waals surface area (Å²) in [4.78, 5) is 39.5. The van der Waals surface area contributed by atoms with E-state index in [1.165, 1.54) is 17.8 Å². The Morgan fingerprint density at radius 1 is 1.02 bits per heavy atom. The van der Waals surface area contributed by atoms with Gasteiger partial charge in [0.15, 0.2) is 6.29 Å². The van der Waals surface area contributed by atoms with Crippen molar-refractivity contribution in [2.45, 2.75) is 44.0 Å². The Kier molecular flexibility index (Phi) is 10.9. The van der Waals surface area contributed by atoms with Crippen LogP contribution in [0.5, 0.6) is 0 Å². The van der Waals surface area contributed by atoms with Crippen molar-refractivity contribution in [2.24, 2.45) is 5.92 Å². The molecule has 1 aromatic heterocycles. The number of nitrogens with one attached hydrogen (secondary N) is 2. The number of aliphatic hydroxyl groups is 1. The number of carbonyl (C=O) groups excluding carboxylic acids is 2. The van der Waals surface area contributed by atoms with E-state index >= 15 is 0 Å². The molecule has 2 aromatic carbocycles. The lowest BCUT2D eigenvalue weighted by atomic mass is 9.91. The average Bonchev–Trinajstić information content (AvgIpc) is 3.00. The van der Waals surface area contributed by atoms with E-state index in [0.717, 1.165) is 16.7 Å². The number of pyridine rings is 1. The highest BCUT2D eigenvalue weighted by Gasteiger charge is 2.38. The van der Waals surface area contributed by atoms with Gasteiger partial charge in [-0.3, -0.25) is 4.79 Å². The number of benzene rings is 2. The first-order chi connectivity index (χ1) is 20.3. The number of esters is 1. The fraction of sp³-hybridized carbons (Fsp3) is 0.333. The first-order valence-electron chi connectivity index (χ1n) is 13.4. The summed E-state index contributed by atoms with van der Waals surface area (Å²) in [5, 5.41) is 24.5. The quantitative estimate of drug-likeness (QED) is 0.183. The number of carboxylic acids is 1. The van der Waals surface area contributed by atoms with Gasteiger partial charge in [-0.2, -0.15) is 0 Å². The Balaban J connectivity index is 1.50. The molecule has 1 aliphatic rings. The Morgan fingerprint density at radius 2 is 1.74 bits per heavy atom. The van der Waals surface area contributed by atoms with Crippen molar-refractivity contribution in [1.29, 1.82) is 0 Å². The van der Waals surface area contributed by atoms with Crippen molar-refractivity contribution in [3.05, 3.63) is 89.1 Å². The van der Waals surface area contributed by atoms with Gasteiger partial charge in [0.05, 0.1) is 31.0 Å². The van der Waals surface area contributed by atoms with Gasteiger partial charge in [-0.05, 0) is 42.3 Å². The van der Waals surface area contributed by atoms with Crippen molar-refractivity contribution in [3.63, 3.8) is 0 Å². The van der Waals surface area contributed by atoms with E-state index in [-0.39, 0.29) is 43.4 Å². The van der Waals surface area contributed by atoms with Gasteiger partial charge in [-0.25, -0.2) is 14.6 Å². The molecule has 0 aliphatic carbocycles. The fourth-order valence-corrected chi connectivity index (χ4v) is 5.55. The maximum Gasteiger partial charge on any atom is 0.338 e. The Morgan fingerprint density at radius 3 is 2.40 bits per heavy atom. The molecule has 12 heteroatoms. The molecule has 1 saturated heterocycles. The van der Waals surface area contributed by atoms with E-state index in [1.54, 1.807) is 43.5 Å². The molecule has 0 saturated carbocycles. The highest BCUT2D eigenvalue weighted by molar-refractivity contribution is 7.99. The number of carbonyl (C=O) groups is 3. The molecule has 11 nitrogen and oxygen atoms in total. The van der Waals surface area contributed by atoms with Crippen LogP contribution in [0.3, 0.4) is 0 Å². The molecule has 1 aliphatic heterocycles. The summed E-state index contributed by atoms with van der Waals surface area (Å²) in [5.74, 6) is -1.24. The Hall–Kier alpha value is -3.97. The zero-order valence-electron chi connectivity index (χ0n) is 23.2. The molecular weight excluding hydrogens is 562 g/mol. The van der Waals surface area contributed by atoms with Gasteiger partial charge in [-0.1, -0.05) is 43.3 Å².